The molecule has 2 heterocycles. The van der Waals surface area contributed by atoms with Gasteiger partial charge in [-0.1, -0.05) is 0 Å². The number of carbonyl (C=O) groups is 1. The lowest BCUT2D eigenvalue weighted by Gasteiger charge is -2.34. The number of morpholine rings is 1. The van der Waals surface area contributed by atoms with Crippen molar-refractivity contribution in [2.45, 2.75) is 19.9 Å². The largest absolute Gasteiger partial charge is 0.377 e. The van der Waals surface area contributed by atoms with Gasteiger partial charge < -0.3 is 9.64 Å². The highest BCUT2D eigenvalue weighted by Crippen LogP contribution is 2.17. The minimum Gasteiger partial charge on any atom is -0.377 e. The van der Waals surface area contributed by atoms with Crippen LogP contribution in [0.1, 0.15) is 24.2 Å². The second kappa shape index (κ2) is 4.61. The molecular formula is C12H16N2O2. The topological polar surface area (TPSA) is 42.4 Å². The summed E-state index contributed by atoms with van der Waals surface area (Å²) in [4.78, 5) is 17.6. The van der Waals surface area contributed by atoms with Crippen molar-refractivity contribution in [2.75, 3.05) is 24.7 Å². The molecule has 86 valence electrons. The lowest BCUT2D eigenvalue weighted by atomic mass is 10.2. The van der Waals surface area contributed by atoms with E-state index in [9.17, 15) is 4.79 Å². The average Bonchev–Trinajstić information content (AvgIpc) is 2.30. The normalized spacial score (nSPS) is 20.9. The van der Waals surface area contributed by atoms with E-state index in [4.69, 9.17) is 4.74 Å². The Morgan fingerprint density at radius 3 is 2.94 bits per heavy atom. The number of hydrogen-bond acceptors (Lipinski definition) is 4. The van der Waals surface area contributed by atoms with Gasteiger partial charge in [0.1, 0.15) is 5.82 Å². The molecule has 1 fully saturated rings. The van der Waals surface area contributed by atoms with E-state index in [1.54, 1.807) is 13.1 Å². The van der Waals surface area contributed by atoms with E-state index in [-0.39, 0.29) is 5.78 Å². The van der Waals surface area contributed by atoms with Gasteiger partial charge in [-0.2, -0.15) is 0 Å². The van der Waals surface area contributed by atoms with Crippen molar-refractivity contribution >= 4 is 11.6 Å². The third kappa shape index (κ3) is 2.22. The smallest absolute Gasteiger partial charge is 0.161 e. The molecule has 1 aliphatic heterocycles. The summed E-state index contributed by atoms with van der Waals surface area (Å²) in [7, 11) is 0. The molecule has 1 saturated heterocycles. The monoisotopic (exact) mass is 220 g/mol. The minimum atomic E-state index is 0.0501. The molecule has 0 N–H and O–H groups in total. The molecule has 2 rings (SSSR count). The number of anilines is 1. The molecule has 1 aromatic heterocycles. The molecule has 0 bridgehead atoms. The molecule has 0 spiro atoms. The van der Waals surface area contributed by atoms with Gasteiger partial charge in [0.25, 0.3) is 0 Å². The van der Waals surface area contributed by atoms with E-state index in [0.717, 1.165) is 25.6 Å². The predicted molar refractivity (Wildman–Crippen MR) is 61.9 cm³/mol. The Kier molecular flexibility index (Phi) is 3.19. The highest BCUT2D eigenvalue weighted by Gasteiger charge is 2.19. The Hall–Kier alpha value is -1.42. The van der Waals surface area contributed by atoms with Crippen LogP contribution in [0.3, 0.4) is 0 Å². The molecule has 0 aliphatic carbocycles. The molecule has 1 aliphatic rings. The number of pyridine rings is 1. The zero-order chi connectivity index (χ0) is 11.5. The first-order valence-corrected chi connectivity index (χ1v) is 5.50. The third-order valence-corrected chi connectivity index (χ3v) is 2.82. The van der Waals surface area contributed by atoms with Crippen molar-refractivity contribution in [3.63, 3.8) is 0 Å². The van der Waals surface area contributed by atoms with Gasteiger partial charge in [-0.3, -0.25) is 4.79 Å². The van der Waals surface area contributed by atoms with Crippen LogP contribution in [-0.4, -0.2) is 36.6 Å². The number of carbonyl (C=O) groups excluding carboxylic acids is 1. The van der Waals surface area contributed by atoms with Gasteiger partial charge in [0.2, 0.25) is 0 Å². The van der Waals surface area contributed by atoms with Gasteiger partial charge in [-0.25, -0.2) is 4.98 Å². The van der Waals surface area contributed by atoms with E-state index in [1.807, 2.05) is 12.1 Å². The Labute approximate surface area is 95.2 Å². The van der Waals surface area contributed by atoms with Crippen molar-refractivity contribution in [3.05, 3.63) is 23.9 Å². The molecule has 4 heteroatoms. The van der Waals surface area contributed by atoms with Gasteiger partial charge in [0.05, 0.1) is 19.3 Å². The maximum atomic E-state index is 11.1. The van der Waals surface area contributed by atoms with Crippen molar-refractivity contribution in [1.82, 2.24) is 4.98 Å². The fourth-order valence-electron chi connectivity index (χ4n) is 1.83. The standard InChI is InChI=1S/C12H16N2O2/c1-9-8-16-6-5-14(9)12-4-3-11(7-13-12)10(2)15/h3-4,7,9H,5-6,8H2,1-2H3. The predicted octanol–water partition coefficient (Wildman–Crippen LogP) is 1.51. The van der Waals surface area contributed by atoms with Crippen molar-refractivity contribution in [3.8, 4) is 0 Å². The van der Waals surface area contributed by atoms with Crippen LogP contribution in [0.4, 0.5) is 5.82 Å². The average molecular weight is 220 g/mol. The first-order valence-electron chi connectivity index (χ1n) is 5.50. The number of ether oxygens (including phenoxy) is 1. The summed E-state index contributed by atoms with van der Waals surface area (Å²) < 4.78 is 5.37. The van der Waals surface area contributed by atoms with E-state index in [2.05, 4.69) is 16.8 Å². The van der Waals surface area contributed by atoms with Crippen LogP contribution in [-0.2, 0) is 4.74 Å². The zero-order valence-electron chi connectivity index (χ0n) is 9.64. The van der Waals surface area contributed by atoms with Crippen LogP contribution in [0.25, 0.3) is 0 Å². The van der Waals surface area contributed by atoms with Gasteiger partial charge >= 0.3 is 0 Å². The van der Waals surface area contributed by atoms with Gasteiger partial charge in [-0.15, -0.1) is 0 Å². The van der Waals surface area contributed by atoms with Crippen molar-refractivity contribution in [1.29, 1.82) is 0 Å². The maximum Gasteiger partial charge on any atom is 0.161 e. The van der Waals surface area contributed by atoms with Crippen LogP contribution in [0.2, 0.25) is 0 Å². The lowest BCUT2D eigenvalue weighted by Crippen LogP contribution is -2.44. The number of Topliss-reactive ketones (excluding diaryl/α,β-unsaturated/α-hetero) is 1. The first kappa shape index (κ1) is 11.1. The maximum absolute atomic E-state index is 11.1. The van der Waals surface area contributed by atoms with Crippen molar-refractivity contribution in [2.24, 2.45) is 0 Å². The quantitative estimate of drug-likeness (QED) is 0.708. The van der Waals surface area contributed by atoms with E-state index in [0.29, 0.717) is 11.6 Å². The fraction of sp³-hybridized carbons (Fsp3) is 0.500. The van der Waals surface area contributed by atoms with E-state index < -0.39 is 0 Å². The summed E-state index contributed by atoms with van der Waals surface area (Å²) in [5, 5.41) is 0. The molecule has 0 aromatic carbocycles. The summed E-state index contributed by atoms with van der Waals surface area (Å²) in [5.74, 6) is 0.967. The number of nitrogens with zero attached hydrogens (tertiary/aromatic N) is 2. The van der Waals surface area contributed by atoms with E-state index in [1.165, 1.54) is 0 Å². The van der Waals surface area contributed by atoms with Gasteiger partial charge in [-0.05, 0) is 26.0 Å². The highest BCUT2D eigenvalue weighted by atomic mass is 16.5. The molecule has 0 radical (unpaired) electrons. The molecule has 0 amide bonds. The molecule has 1 unspecified atom stereocenters. The van der Waals surface area contributed by atoms with Crippen molar-refractivity contribution < 1.29 is 9.53 Å². The number of hydrogen-bond donors (Lipinski definition) is 0. The lowest BCUT2D eigenvalue weighted by molar-refractivity contribution is 0.0984. The summed E-state index contributed by atoms with van der Waals surface area (Å²) >= 11 is 0. The number of aromatic nitrogens is 1. The van der Waals surface area contributed by atoms with Gasteiger partial charge in [0.15, 0.2) is 5.78 Å². The zero-order valence-corrected chi connectivity index (χ0v) is 9.64. The molecule has 1 atom stereocenters. The molecule has 1 aromatic rings. The SMILES string of the molecule is CC(=O)c1ccc(N2CCOCC2C)nc1. The summed E-state index contributed by atoms with van der Waals surface area (Å²) in [6.07, 6.45) is 1.64. The first-order chi connectivity index (χ1) is 7.68. The third-order valence-electron chi connectivity index (χ3n) is 2.82. The van der Waals surface area contributed by atoms with Crippen LogP contribution in [0.5, 0.6) is 0 Å². The second-order valence-corrected chi connectivity index (χ2v) is 4.08. The highest BCUT2D eigenvalue weighted by molar-refractivity contribution is 5.93. The summed E-state index contributed by atoms with van der Waals surface area (Å²) in [6, 6.07) is 4.07. The van der Waals surface area contributed by atoms with Crippen LogP contribution >= 0.6 is 0 Å². The van der Waals surface area contributed by atoms with Crippen LogP contribution in [0, 0.1) is 0 Å². The Bertz CT molecular complexity index is 375. The Morgan fingerprint density at radius 2 is 2.38 bits per heavy atom. The molecule has 16 heavy (non-hydrogen) atoms. The molecule has 4 nitrogen and oxygen atoms in total. The van der Waals surface area contributed by atoms with E-state index >= 15 is 0 Å². The number of ketones is 1. The fourth-order valence-corrected chi connectivity index (χ4v) is 1.83. The summed E-state index contributed by atoms with van der Waals surface area (Å²) in [5.41, 5.74) is 0.657. The van der Waals surface area contributed by atoms with Crippen LogP contribution < -0.4 is 4.90 Å². The summed E-state index contributed by atoms with van der Waals surface area (Å²) in [6.45, 7) is 5.98. The second-order valence-electron chi connectivity index (χ2n) is 4.08. The number of rotatable bonds is 2. The van der Waals surface area contributed by atoms with Gasteiger partial charge in [0, 0.05) is 18.3 Å². The molecule has 0 saturated carbocycles. The Morgan fingerprint density at radius 1 is 1.56 bits per heavy atom. The Balaban J connectivity index is 2.17. The van der Waals surface area contributed by atoms with Crippen LogP contribution in [0.15, 0.2) is 18.3 Å². The minimum absolute atomic E-state index is 0.0501. The molecular weight excluding hydrogens is 204 g/mol.